The summed E-state index contributed by atoms with van der Waals surface area (Å²) in [5.74, 6) is 4.08. The van der Waals surface area contributed by atoms with Gasteiger partial charge in [-0.25, -0.2) is 0 Å². The number of hydrogen-bond donors (Lipinski definition) is 1. The predicted molar refractivity (Wildman–Crippen MR) is 78.5 cm³/mol. The number of rotatable bonds is 5. The van der Waals surface area contributed by atoms with E-state index in [1.165, 1.54) is 0 Å². The van der Waals surface area contributed by atoms with Crippen molar-refractivity contribution >= 4 is 8.07 Å². The van der Waals surface area contributed by atoms with Crippen molar-refractivity contribution in [3.8, 4) is 17.2 Å². The minimum atomic E-state index is -1.30. The van der Waals surface area contributed by atoms with Gasteiger partial charge in [-0.2, -0.15) is 0 Å². The van der Waals surface area contributed by atoms with Crippen molar-refractivity contribution in [2.45, 2.75) is 32.5 Å². The van der Waals surface area contributed by atoms with E-state index in [0.717, 1.165) is 24.2 Å². The van der Waals surface area contributed by atoms with Crippen LogP contribution >= 0.6 is 0 Å². The van der Waals surface area contributed by atoms with Crippen LogP contribution in [-0.4, -0.2) is 26.4 Å². The van der Waals surface area contributed by atoms with Gasteiger partial charge in [0.15, 0.2) is 0 Å². The first kappa shape index (κ1) is 14.8. The Morgan fingerprint density at radius 1 is 1.11 bits per heavy atom. The lowest BCUT2D eigenvalue weighted by Gasteiger charge is -2.06. The Hall–Kier alpha value is -1.24. The van der Waals surface area contributed by atoms with Crippen LogP contribution in [0, 0.1) is 11.5 Å². The summed E-state index contributed by atoms with van der Waals surface area (Å²) in [6.45, 7) is 7.59. The van der Waals surface area contributed by atoms with E-state index in [9.17, 15) is 0 Å². The molecule has 0 aromatic heterocycles. The van der Waals surface area contributed by atoms with Crippen molar-refractivity contribution < 1.29 is 9.84 Å². The first-order valence-corrected chi connectivity index (χ1v) is 9.88. The van der Waals surface area contributed by atoms with E-state index in [-0.39, 0.29) is 6.61 Å². The van der Waals surface area contributed by atoms with Gasteiger partial charge in [-0.15, -0.1) is 5.54 Å². The Morgan fingerprint density at radius 3 is 2.33 bits per heavy atom. The second-order valence-electron chi connectivity index (χ2n) is 5.30. The number of benzene rings is 1. The van der Waals surface area contributed by atoms with Crippen molar-refractivity contribution in [3.05, 3.63) is 29.8 Å². The maximum absolute atomic E-state index is 8.66. The van der Waals surface area contributed by atoms with E-state index in [2.05, 4.69) is 31.1 Å². The molecule has 0 aliphatic carbocycles. The van der Waals surface area contributed by atoms with E-state index < -0.39 is 8.07 Å². The monoisotopic (exact) mass is 262 g/mol. The van der Waals surface area contributed by atoms with Gasteiger partial charge < -0.3 is 9.84 Å². The molecule has 2 nitrogen and oxygen atoms in total. The Balaban J connectivity index is 2.49. The van der Waals surface area contributed by atoms with Gasteiger partial charge in [0.2, 0.25) is 0 Å². The molecule has 1 rings (SSSR count). The molecule has 3 heteroatoms. The topological polar surface area (TPSA) is 29.5 Å². The molecule has 0 atom stereocenters. The summed E-state index contributed by atoms with van der Waals surface area (Å²) < 4.78 is 5.56. The molecule has 1 aromatic carbocycles. The van der Waals surface area contributed by atoms with Crippen LogP contribution in [0.15, 0.2) is 24.3 Å². The van der Waals surface area contributed by atoms with Crippen LogP contribution in [0.3, 0.4) is 0 Å². The quantitative estimate of drug-likeness (QED) is 0.502. The second-order valence-corrected chi connectivity index (χ2v) is 10.1. The highest BCUT2D eigenvalue weighted by atomic mass is 28.3. The third kappa shape index (κ3) is 6.48. The van der Waals surface area contributed by atoms with E-state index in [0.29, 0.717) is 6.61 Å². The normalized spacial score (nSPS) is 10.7. The minimum Gasteiger partial charge on any atom is -0.494 e. The van der Waals surface area contributed by atoms with Crippen LogP contribution in [0.25, 0.3) is 0 Å². The molecular formula is C15H22O2Si. The summed E-state index contributed by atoms with van der Waals surface area (Å²) >= 11 is 0. The summed E-state index contributed by atoms with van der Waals surface area (Å²) in [5.41, 5.74) is 4.38. The zero-order valence-corrected chi connectivity index (χ0v) is 12.5. The van der Waals surface area contributed by atoms with Crippen molar-refractivity contribution in [1.29, 1.82) is 0 Å². The maximum Gasteiger partial charge on any atom is 0.129 e. The summed E-state index contributed by atoms with van der Waals surface area (Å²) in [6.07, 6.45) is 1.67. The molecule has 1 N–H and O–H groups in total. The maximum atomic E-state index is 8.66. The van der Waals surface area contributed by atoms with E-state index in [1.54, 1.807) is 0 Å². The predicted octanol–water partition coefficient (Wildman–Crippen LogP) is 3.07. The molecule has 0 unspecified atom stereocenters. The minimum absolute atomic E-state index is 0.231. The molecule has 18 heavy (non-hydrogen) atoms. The fourth-order valence-electron chi connectivity index (χ4n) is 1.30. The van der Waals surface area contributed by atoms with Gasteiger partial charge in [0.1, 0.15) is 13.8 Å². The largest absolute Gasteiger partial charge is 0.494 e. The van der Waals surface area contributed by atoms with Crippen molar-refractivity contribution in [1.82, 2.24) is 0 Å². The number of hydrogen-bond acceptors (Lipinski definition) is 2. The summed E-state index contributed by atoms with van der Waals surface area (Å²) in [5, 5.41) is 8.66. The van der Waals surface area contributed by atoms with Crippen LogP contribution < -0.4 is 4.74 Å². The summed E-state index contributed by atoms with van der Waals surface area (Å²) in [7, 11) is -1.30. The van der Waals surface area contributed by atoms with Crippen LogP contribution in [0.2, 0.25) is 19.6 Å². The molecule has 0 spiro atoms. The molecule has 98 valence electrons. The summed E-state index contributed by atoms with van der Waals surface area (Å²) in [4.78, 5) is 0. The van der Waals surface area contributed by atoms with Crippen molar-refractivity contribution in [3.63, 3.8) is 0 Å². The van der Waals surface area contributed by atoms with Gasteiger partial charge in [0, 0.05) is 12.2 Å². The first-order chi connectivity index (χ1) is 8.51. The first-order valence-electron chi connectivity index (χ1n) is 6.38. The highest BCUT2D eigenvalue weighted by Crippen LogP contribution is 2.12. The smallest absolute Gasteiger partial charge is 0.129 e. The molecule has 0 heterocycles. The second kappa shape index (κ2) is 7.25. The number of aliphatic hydroxyl groups excluding tert-OH is 1. The lowest BCUT2D eigenvalue weighted by atomic mass is 10.2. The summed E-state index contributed by atoms with van der Waals surface area (Å²) in [6, 6.07) is 7.89. The van der Waals surface area contributed by atoms with Crippen LogP contribution in [0.1, 0.15) is 18.4 Å². The Morgan fingerprint density at radius 2 is 1.78 bits per heavy atom. The van der Waals surface area contributed by atoms with Crippen molar-refractivity contribution in [2.75, 3.05) is 13.2 Å². The van der Waals surface area contributed by atoms with Crippen LogP contribution in [-0.2, 0) is 0 Å². The number of ether oxygens (including phenoxy) is 1. The van der Waals surface area contributed by atoms with E-state index >= 15 is 0 Å². The molecule has 0 amide bonds. The molecule has 0 saturated carbocycles. The van der Waals surface area contributed by atoms with Gasteiger partial charge >= 0.3 is 0 Å². The third-order valence-corrected chi connectivity index (χ3v) is 3.13. The van der Waals surface area contributed by atoms with Gasteiger partial charge in [-0.05, 0) is 37.1 Å². The van der Waals surface area contributed by atoms with Gasteiger partial charge in [0.05, 0.1) is 6.61 Å². The van der Waals surface area contributed by atoms with Gasteiger partial charge in [-0.3, -0.25) is 0 Å². The fourth-order valence-corrected chi connectivity index (χ4v) is 1.82. The Labute approximate surface area is 111 Å². The average Bonchev–Trinajstić information content (AvgIpc) is 2.33. The molecule has 0 saturated heterocycles. The molecular weight excluding hydrogens is 240 g/mol. The molecule has 0 radical (unpaired) electrons. The van der Waals surface area contributed by atoms with Crippen LogP contribution in [0.5, 0.6) is 5.75 Å². The van der Waals surface area contributed by atoms with E-state index in [4.69, 9.17) is 9.84 Å². The standard InChI is InChI=1S/C15H22O2Si/c1-18(2,3)13-10-14-6-8-15(9-7-14)17-12-5-4-11-16/h6-9,16H,4-5,11-12H2,1-3H3. The highest BCUT2D eigenvalue weighted by molar-refractivity contribution is 6.83. The molecule has 0 aliphatic heterocycles. The number of aliphatic hydroxyl groups is 1. The Bertz CT molecular complexity index is 407. The molecule has 1 aromatic rings. The van der Waals surface area contributed by atoms with Crippen LogP contribution in [0.4, 0.5) is 0 Å². The lowest BCUT2D eigenvalue weighted by Crippen LogP contribution is -2.16. The number of unbranched alkanes of at least 4 members (excludes halogenated alkanes) is 1. The molecule has 0 bridgehead atoms. The third-order valence-electron chi connectivity index (χ3n) is 2.26. The lowest BCUT2D eigenvalue weighted by molar-refractivity contribution is 0.253. The Kier molecular flexibility index (Phi) is 5.97. The average molecular weight is 262 g/mol. The SMILES string of the molecule is C[Si](C)(C)C#Cc1ccc(OCCCCO)cc1. The van der Waals surface area contributed by atoms with E-state index in [1.807, 2.05) is 24.3 Å². The van der Waals surface area contributed by atoms with Gasteiger partial charge in [0.25, 0.3) is 0 Å². The fraction of sp³-hybridized carbons (Fsp3) is 0.467. The molecule has 0 aliphatic rings. The highest BCUT2D eigenvalue weighted by Gasteiger charge is 2.07. The zero-order valence-electron chi connectivity index (χ0n) is 11.5. The van der Waals surface area contributed by atoms with Crippen molar-refractivity contribution in [2.24, 2.45) is 0 Å². The zero-order chi connectivity index (χ0) is 13.4. The molecule has 0 fully saturated rings. The van der Waals surface area contributed by atoms with Gasteiger partial charge in [-0.1, -0.05) is 25.6 Å².